The van der Waals surface area contributed by atoms with Crippen LogP contribution in [0.5, 0.6) is 0 Å². The van der Waals surface area contributed by atoms with Crippen molar-refractivity contribution in [2.24, 2.45) is 0 Å². The van der Waals surface area contributed by atoms with Crippen molar-refractivity contribution in [3.63, 3.8) is 0 Å². The first kappa shape index (κ1) is 14.2. The Bertz CT molecular complexity index is 662. The molecule has 2 aliphatic rings. The molecule has 1 aromatic rings. The van der Waals surface area contributed by atoms with Crippen molar-refractivity contribution >= 4 is 12.1 Å². The molecule has 2 heterocycles. The van der Waals surface area contributed by atoms with Crippen molar-refractivity contribution < 1.29 is 31.3 Å². The minimum absolute atomic E-state index is 0.0468. The molecule has 0 unspecified atom stereocenters. The molecule has 0 saturated carbocycles. The third-order valence-electron chi connectivity index (χ3n) is 3.90. The van der Waals surface area contributed by atoms with Crippen molar-refractivity contribution in [2.45, 2.75) is 31.3 Å². The van der Waals surface area contributed by atoms with Gasteiger partial charge in [-0.25, -0.2) is 9.59 Å². The molecule has 3 rings (SSSR count). The number of amides is 1. The molecule has 130 valence electrons. The Labute approximate surface area is 143 Å². The summed E-state index contributed by atoms with van der Waals surface area (Å²) in [7, 11) is 1.18. The Hall–Kier alpha value is -2.12. The number of hydrogen-bond donors (Lipinski definition) is 0. The maximum atomic E-state index is 12.6. The van der Waals surface area contributed by atoms with Gasteiger partial charge in [-0.3, -0.25) is 4.90 Å². The third kappa shape index (κ3) is 3.52. The number of rotatable bonds is 3. The highest BCUT2D eigenvalue weighted by Crippen LogP contribution is 2.35. The van der Waals surface area contributed by atoms with Gasteiger partial charge in [0.1, 0.15) is 12.6 Å². The lowest BCUT2D eigenvalue weighted by Crippen LogP contribution is -2.44. The fraction of sp³-hybridized carbons (Fsp3) is 0.529. The van der Waals surface area contributed by atoms with Crippen LogP contribution in [0.4, 0.5) is 4.79 Å². The summed E-state index contributed by atoms with van der Waals surface area (Å²) in [4.78, 5) is 25.5. The Morgan fingerprint density at radius 2 is 2.04 bits per heavy atom. The van der Waals surface area contributed by atoms with Crippen LogP contribution in [0.3, 0.4) is 0 Å². The molecule has 1 spiro atoms. The molecule has 24 heavy (non-hydrogen) atoms. The second kappa shape index (κ2) is 7.19. The number of nitrogens with zero attached hydrogens (tertiary/aromatic N) is 1. The molecule has 7 nitrogen and oxygen atoms in total. The van der Waals surface area contributed by atoms with E-state index >= 15 is 0 Å². The fourth-order valence-electron chi connectivity index (χ4n) is 2.70. The Morgan fingerprint density at radius 1 is 1.33 bits per heavy atom. The van der Waals surface area contributed by atoms with Gasteiger partial charge in [0.05, 0.1) is 29.6 Å². The summed E-state index contributed by atoms with van der Waals surface area (Å²) >= 11 is 0. The number of likely N-dealkylation sites (tertiary alicyclic amines) is 1. The highest BCUT2D eigenvalue weighted by Gasteiger charge is 2.52. The first-order valence-corrected chi connectivity index (χ1v) is 7.77. The topological polar surface area (TPSA) is 74.3 Å². The molecule has 0 radical (unpaired) electrons. The number of esters is 1. The predicted molar refractivity (Wildman–Crippen MR) is 83.0 cm³/mol. The molecule has 2 fully saturated rings. The number of carbonyl (C=O) groups is 2. The number of carbonyl (C=O) groups excluding carboxylic acids is 2. The minimum Gasteiger partial charge on any atom is -0.467 e. The van der Waals surface area contributed by atoms with Crippen LogP contribution in [0, 0.1) is 0 Å². The van der Waals surface area contributed by atoms with Gasteiger partial charge in [0.25, 0.3) is 0 Å². The van der Waals surface area contributed by atoms with Crippen molar-refractivity contribution in [1.82, 2.24) is 4.90 Å². The average Bonchev–Trinajstić information content (AvgIpc) is 2.87. The van der Waals surface area contributed by atoms with Crippen LogP contribution in [0.1, 0.15) is 21.1 Å². The lowest BCUT2D eigenvalue weighted by molar-refractivity contribution is -0.257. The summed E-state index contributed by atoms with van der Waals surface area (Å²) in [5.74, 6) is -2.46. The molecular formula is C17H21NO6. The van der Waals surface area contributed by atoms with Gasteiger partial charge in [-0.05, 0) is 12.0 Å². The smallest absolute Gasteiger partial charge is 0.411 e. The zero-order valence-corrected chi connectivity index (χ0v) is 13.4. The molecule has 0 N–H and O–H groups in total. The van der Waals surface area contributed by atoms with Crippen molar-refractivity contribution in [3.05, 3.63) is 35.9 Å². The van der Waals surface area contributed by atoms with Crippen LogP contribution in [0.25, 0.3) is 0 Å². The van der Waals surface area contributed by atoms with Crippen LogP contribution in [0.15, 0.2) is 30.3 Å². The third-order valence-corrected chi connectivity index (χ3v) is 3.90. The van der Waals surface area contributed by atoms with Gasteiger partial charge in [-0.1, -0.05) is 30.3 Å². The van der Waals surface area contributed by atoms with Gasteiger partial charge in [-0.15, -0.1) is 0 Å². The van der Waals surface area contributed by atoms with Crippen LogP contribution in [-0.4, -0.2) is 55.6 Å². The standard InChI is InChI=1S/C17H21NO6/c1-21-15(19)14-10-17(23-8-5-9-24-17)12-18(14)16(20)22-11-13-6-3-2-4-7-13/h2-4,6-7,14H,5,8-12H2,1H3/t14-/m0/s1/i12D2. The van der Waals surface area contributed by atoms with Gasteiger partial charge in [0.15, 0.2) is 5.79 Å². The Balaban J connectivity index is 1.83. The largest absolute Gasteiger partial charge is 0.467 e. The number of ether oxygens (including phenoxy) is 4. The lowest BCUT2D eigenvalue weighted by Gasteiger charge is -2.33. The summed E-state index contributed by atoms with van der Waals surface area (Å²) in [6.45, 7) is -1.88. The Morgan fingerprint density at radius 3 is 2.71 bits per heavy atom. The van der Waals surface area contributed by atoms with E-state index in [4.69, 9.17) is 21.7 Å². The van der Waals surface area contributed by atoms with Crippen LogP contribution >= 0.6 is 0 Å². The van der Waals surface area contributed by atoms with E-state index in [-0.39, 0.29) is 26.2 Å². The quantitative estimate of drug-likeness (QED) is 0.782. The normalized spacial score (nSPS) is 25.7. The monoisotopic (exact) mass is 337 g/mol. The molecule has 1 amide bonds. The van der Waals surface area contributed by atoms with Gasteiger partial charge in [-0.2, -0.15) is 0 Å². The molecule has 1 aromatic carbocycles. The van der Waals surface area contributed by atoms with E-state index in [9.17, 15) is 9.59 Å². The van der Waals surface area contributed by atoms with E-state index < -0.39 is 30.4 Å². The SMILES string of the molecule is [2H]C1([2H])N(C(=O)OCc2ccccc2)[C@H](C(=O)OC)CC12OCCCO2. The molecule has 2 aliphatic heterocycles. The zero-order chi connectivity index (χ0) is 18.8. The van der Waals surface area contributed by atoms with Crippen molar-refractivity contribution in [3.8, 4) is 0 Å². The molecule has 1 atom stereocenters. The first-order valence-electron chi connectivity index (χ1n) is 8.77. The number of hydrogen-bond acceptors (Lipinski definition) is 6. The van der Waals surface area contributed by atoms with E-state index in [1.165, 1.54) is 7.11 Å². The van der Waals surface area contributed by atoms with Crippen molar-refractivity contribution in [1.29, 1.82) is 0 Å². The zero-order valence-electron chi connectivity index (χ0n) is 15.4. The maximum Gasteiger partial charge on any atom is 0.411 e. The highest BCUT2D eigenvalue weighted by molar-refractivity contribution is 5.82. The minimum atomic E-state index is -2.39. The second-order valence-corrected chi connectivity index (χ2v) is 5.57. The van der Waals surface area contributed by atoms with E-state index in [1.54, 1.807) is 24.3 Å². The second-order valence-electron chi connectivity index (χ2n) is 5.57. The maximum absolute atomic E-state index is 12.6. The number of methoxy groups -OCH3 is 1. The summed E-state index contributed by atoms with van der Waals surface area (Å²) in [5, 5.41) is 0. The molecule has 0 bridgehead atoms. The summed E-state index contributed by atoms with van der Waals surface area (Å²) in [6.07, 6.45) is -0.518. The van der Waals surface area contributed by atoms with Crippen LogP contribution < -0.4 is 0 Å². The van der Waals surface area contributed by atoms with Crippen LogP contribution in [-0.2, 0) is 30.3 Å². The van der Waals surface area contributed by atoms with E-state index in [0.29, 0.717) is 6.42 Å². The average molecular weight is 337 g/mol. The molecule has 2 saturated heterocycles. The molecule has 0 aromatic heterocycles. The summed E-state index contributed by atoms with van der Waals surface area (Å²) < 4.78 is 37.9. The van der Waals surface area contributed by atoms with Gasteiger partial charge in [0.2, 0.25) is 0 Å². The van der Waals surface area contributed by atoms with Gasteiger partial charge >= 0.3 is 12.1 Å². The lowest BCUT2D eigenvalue weighted by atomic mass is 10.1. The van der Waals surface area contributed by atoms with Gasteiger partial charge < -0.3 is 18.9 Å². The Kier molecular flexibility index (Phi) is 4.27. The van der Waals surface area contributed by atoms with E-state index in [0.717, 1.165) is 10.5 Å². The predicted octanol–water partition coefficient (Wildman–Crippen LogP) is 1.70. The van der Waals surface area contributed by atoms with E-state index in [2.05, 4.69) is 0 Å². The molecular weight excluding hydrogens is 314 g/mol. The fourth-order valence-corrected chi connectivity index (χ4v) is 2.70. The summed E-state index contributed by atoms with van der Waals surface area (Å²) in [6, 6.07) is 7.79. The van der Waals surface area contributed by atoms with Crippen LogP contribution in [0.2, 0.25) is 0 Å². The first-order chi connectivity index (χ1) is 12.4. The van der Waals surface area contributed by atoms with E-state index in [1.807, 2.05) is 6.07 Å². The summed E-state index contributed by atoms with van der Waals surface area (Å²) in [5.41, 5.74) is 0.745. The highest BCUT2D eigenvalue weighted by atomic mass is 16.7. The van der Waals surface area contributed by atoms with Gasteiger partial charge in [0, 0.05) is 6.42 Å². The number of benzene rings is 1. The molecule has 7 heteroatoms. The van der Waals surface area contributed by atoms with Crippen molar-refractivity contribution in [2.75, 3.05) is 26.8 Å². The molecule has 0 aliphatic carbocycles.